The second-order valence-corrected chi connectivity index (χ2v) is 3.64. The van der Waals surface area contributed by atoms with Crippen molar-refractivity contribution in [1.82, 2.24) is 9.97 Å². The molecule has 0 spiro atoms. The molecule has 0 aliphatic carbocycles. The molecule has 0 unspecified atom stereocenters. The van der Waals surface area contributed by atoms with E-state index in [-0.39, 0.29) is 5.69 Å². The summed E-state index contributed by atoms with van der Waals surface area (Å²) in [6.45, 7) is 1.86. The van der Waals surface area contributed by atoms with Gasteiger partial charge in [-0.15, -0.1) is 0 Å². The zero-order valence-corrected chi connectivity index (χ0v) is 8.52. The Morgan fingerprint density at radius 1 is 1.20 bits per heavy atom. The zero-order chi connectivity index (χ0) is 10.7. The van der Waals surface area contributed by atoms with Gasteiger partial charge in [-0.1, -0.05) is 0 Å². The second kappa shape index (κ2) is 4.25. The molecule has 1 amide bonds. The summed E-state index contributed by atoms with van der Waals surface area (Å²) in [4.78, 5) is 21.4. The molecular weight excluding hydrogens is 192 g/mol. The van der Waals surface area contributed by atoms with E-state index in [1.807, 2.05) is 0 Å². The number of nitrogens with two attached hydrogens (primary N) is 1. The van der Waals surface area contributed by atoms with E-state index in [1.54, 1.807) is 6.20 Å². The molecule has 2 rings (SSSR count). The molecular formula is C10H14N4O. The van der Waals surface area contributed by atoms with Gasteiger partial charge in [0.15, 0.2) is 11.5 Å². The molecule has 1 aromatic heterocycles. The minimum atomic E-state index is -0.510. The summed E-state index contributed by atoms with van der Waals surface area (Å²) in [7, 11) is 0. The Balaban J connectivity index is 2.29. The molecule has 1 saturated heterocycles. The maximum atomic E-state index is 11.2. The number of hydrogen-bond acceptors (Lipinski definition) is 4. The van der Waals surface area contributed by atoms with E-state index >= 15 is 0 Å². The second-order valence-electron chi connectivity index (χ2n) is 3.64. The predicted octanol–water partition coefficient (Wildman–Crippen LogP) is 0.566. The topological polar surface area (TPSA) is 72.1 Å². The number of carbonyl (C=O) groups is 1. The maximum Gasteiger partial charge on any atom is 0.271 e. The predicted molar refractivity (Wildman–Crippen MR) is 56.6 cm³/mol. The van der Waals surface area contributed by atoms with Crippen LogP contribution in [0.2, 0.25) is 0 Å². The van der Waals surface area contributed by atoms with E-state index in [0.717, 1.165) is 25.9 Å². The lowest BCUT2D eigenvalue weighted by molar-refractivity contribution is 0.0995. The Kier molecular flexibility index (Phi) is 2.80. The molecule has 1 aliphatic rings. The van der Waals surface area contributed by atoms with E-state index < -0.39 is 5.91 Å². The van der Waals surface area contributed by atoms with Crippen LogP contribution in [0.4, 0.5) is 5.82 Å². The van der Waals surface area contributed by atoms with Crippen LogP contribution in [-0.4, -0.2) is 29.0 Å². The third-order valence-electron chi connectivity index (χ3n) is 2.57. The van der Waals surface area contributed by atoms with Crippen molar-refractivity contribution in [3.8, 4) is 0 Å². The molecule has 0 radical (unpaired) electrons. The van der Waals surface area contributed by atoms with Crippen LogP contribution in [-0.2, 0) is 0 Å². The SMILES string of the molecule is NC(=O)c1nccnc1N1CCCCC1. The number of hydrogen-bond donors (Lipinski definition) is 1. The van der Waals surface area contributed by atoms with E-state index in [9.17, 15) is 4.79 Å². The van der Waals surface area contributed by atoms with E-state index in [4.69, 9.17) is 5.73 Å². The van der Waals surface area contributed by atoms with Crippen molar-refractivity contribution < 1.29 is 4.79 Å². The van der Waals surface area contributed by atoms with Gasteiger partial charge in [0.1, 0.15) is 0 Å². The van der Waals surface area contributed by atoms with Gasteiger partial charge in [0.25, 0.3) is 5.91 Å². The minimum Gasteiger partial charge on any atom is -0.364 e. The number of aromatic nitrogens is 2. The van der Waals surface area contributed by atoms with Crippen molar-refractivity contribution in [2.75, 3.05) is 18.0 Å². The lowest BCUT2D eigenvalue weighted by Gasteiger charge is -2.28. The number of anilines is 1. The van der Waals surface area contributed by atoms with Crippen LogP contribution in [0.3, 0.4) is 0 Å². The standard InChI is InChI=1S/C10H14N4O/c11-9(15)8-10(13-5-4-12-8)14-6-2-1-3-7-14/h4-5H,1-3,6-7H2,(H2,11,15). The van der Waals surface area contributed by atoms with Gasteiger partial charge < -0.3 is 10.6 Å². The highest BCUT2D eigenvalue weighted by Crippen LogP contribution is 2.19. The Morgan fingerprint density at radius 3 is 2.53 bits per heavy atom. The summed E-state index contributed by atoms with van der Waals surface area (Å²) in [5.74, 6) is 0.119. The van der Waals surface area contributed by atoms with Gasteiger partial charge >= 0.3 is 0 Å². The van der Waals surface area contributed by atoms with Crippen molar-refractivity contribution in [1.29, 1.82) is 0 Å². The summed E-state index contributed by atoms with van der Waals surface area (Å²) in [6.07, 6.45) is 6.59. The molecule has 0 saturated carbocycles. The van der Waals surface area contributed by atoms with Crippen molar-refractivity contribution in [3.63, 3.8) is 0 Å². The summed E-state index contributed by atoms with van der Waals surface area (Å²) in [5.41, 5.74) is 5.53. The number of amides is 1. The lowest BCUT2D eigenvalue weighted by atomic mass is 10.1. The molecule has 15 heavy (non-hydrogen) atoms. The van der Waals surface area contributed by atoms with Crippen molar-refractivity contribution in [3.05, 3.63) is 18.1 Å². The monoisotopic (exact) mass is 206 g/mol. The Morgan fingerprint density at radius 2 is 1.87 bits per heavy atom. The Hall–Kier alpha value is -1.65. The van der Waals surface area contributed by atoms with Gasteiger partial charge in [-0.2, -0.15) is 0 Å². The highest BCUT2D eigenvalue weighted by atomic mass is 16.1. The normalized spacial score (nSPS) is 16.4. The fourth-order valence-corrected chi connectivity index (χ4v) is 1.84. The lowest BCUT2D eigenvalue weighted by Crippen LogP contribution is -2.32. The molecule has 5 nitrogen and oxygen atoms in total. The fraction of sp³-hybridized carbons (Fsp3) is 0.500. The van der Waals surface area contributed by atoms with Crippen LogP contribution < -0.4 is 10.6 Å². The summed E-state index contributed by atoms with van der Waals surface area (Å²) in [5, 5.41) is 0. The number of piperidine rings is 1. The van der Waals surface area contributed by atoms with Crippen LogP contribution in [0.25, 0.3) is 0 Å². The van der Waals surface area contributed by atoms with Gasteiger partial charge in [0.2, 0.25) is 0 Å². The van der Waals surface area contributed by atoms with Crippen molar-refractivity contribution >= 4 is 11.7 Å². The fourth-order valence-electron chi connectivity index (χ4n) is 1.84. The largest absolute Gasteiger partial charge is 0.364 e. The average molecular weight is 206 g/mol. The number of primary amides is 1. The third kappa shape index (κ3) is 2.06. The number of carbonyl (C=O) groups excluding carboxylic acids is 1. The van der Waals surface area contributed by atoms with Crippen molar-refractivity contribution in [2.45, 2.75) is 19.3 Å². The molecule has 80 valence electrons. The first-order valence-electron chi connectivity index (χ1n) is 5.15. The first-order valence-corrected chi connectivity index (χ1v) is 5.15. The van der Waals surface area contributed by atoms with Crippen LogP contribution in [0.1, 0.15) is 29.8 Å². The highest BCUT2D eigenvalue weighted by molar-refractivity contribution is 5.95. The summed E-state index contributed by atoms with van der Waals surface area (Å²) < 4.78 is 0. The van der Waals surface area contributed by atoms with Gasteiger partial charge in [0, 0.05) is 25.5 Å². The third-order valence-corrected chi connectivity index (χ3v) is 2.57. The average Bonchev–Trinajstić information content (AvgIpc) is 2.30. The maximum absolute atomic E-state index is 11.2. The molecule has 0 atom stereocenters. The molecule has 1 fully saturated rings. The number of nitrogens with zero attached hydrogens (tertiary/aromatic N) is 3. The Labute approximate surface area is 88.3 Å². The van der Waals surface area contributed by atoms with Gasteiger partial charge in [-0.05, 0) is 19.3 Å². The van der Waals surface area contributed by atoms with Gasteiger partial charge in [0.05, 0.1) is 0 Å². The Bertz CT molecular complexity index is 360. The molecule has 1 aliphatic heterocycles. The minimum absolute atomic E-state index is 0.277. The number of rotatable bonds is 2. The van der Waals surface area contributed by atoms with Crippen LogP contribution in [0.15, 0.2) is 12.4 Å². The van der Waals surface area contributed by atoms with Crippen LogP contribution >= 0.6 is 0 Å². The molecule has 2 heterocycles. The molecule has 5 heteroatoms. The molecule has 1 aromatic rings. The van der Waals surface area contributed by atoms with Gasteiger partial charge in [-0.25, -0.2) is 9.97 Å². The molecule has 0 aromatic carbocycles. The highest BCUT2D eigenvalue weighted by Gasteiger charge is 2.18. The van der Waals surface area contributed by atoms with E-state index in [0.29, 0.717) is 5.82 Å². The van der Waals surface area contributed by atoms with Crippen molar-refractivity contribution in [2.24, 2.45) is 5.73 Å². The quantitative estimate of drug-likeness (QED) is 0.767. The van der Waals surface area contributed by atoms with Gasteiger partial charge in [-0.3, -0.25) is 4.79 Å². The summed E-state index contributed by atoms with van der Waals surface area (Å²) >= 11 is 0. The first kappa shape index (κ1) is 9.89. The molecule has 2 N–H and O–H groups in total. The zero-order valence-electron chi connectivity index (χ0n) is 8.52. The molecule has 0 bridgehead atoms. The smallest absolute Gasteiger partial charge is 0.271 e. The summed E-state index contributed by atoms with van der Waals surface area (Å²) in [6, 6.07) is 0. The van der Waals surface area contributed by atoms with E-state index in [1.165, 1.54) is 12.6 Å². The van der Waals surface area contributed by atoms with E-state index in [2.05, 4.69) is 14.9 Å². The van der Waals surface area contributed by atoms with Crippen LogP contribution in [0.5, 0.6) is 0 Å². The first-order chi connectivity index (χ1) is 7.29. The van der Waals surface area contributed by atoms with Crippen LogP contribution in [0, 0.1) is 0 Å².